The summed E-state index contributed by atoms with van der Waals surface area (Å²) < 4.78 is 10.6. The average Bonchev–Trinajstić information content (AvgIpc) is 2.44. The van der Waals surface area contributed by atoms with Crippen molar-refractivity contribution < 1.29 is 14.3 Å². The number of esters is 1. The van der Waals surface area contributed by atoms with Crippen LogP contribution in [-0.2, 0) is 14.3 Å². The lowest BCUT2D eigenvalue weighted by molar-refractivity contribution is -0.138. The van der Waals surface area contributed by atoms with E-state index < -0.39 is 0 Å². The van der Waals surface area contributed by atoms with E-state index in [1.165, 1.54) is 0 Å². The molecule has 0 aromatic carbocycles. The molecule has 0 aromatic rings. The van der Waals surface area contributed by atoms with Crippen molar-refractivity contribution in [2.45, 2.75) is 33.7 Å². The Morgan fingerprint density at radius 3 is 2.65 bits per heavy atom. The minimum atomic E-state index is -0.189. The van der Waals surface area contributed by atoms with Crippen LogP contribution < -0.4 is 0 Å². The molecular weight excluding hydrogens is 254 g/mol. The predicted molar refractivity (Wildman–Crippen MR) is 78.4 cm³/mol. The van der Waals surface area contributed by atoms with E-state index in [1.807, 2.05) is 13.8 Å². The van der Waals surface area contributed by atoms with E-state index in [-0.39, 0.29) is 5.97 Å². The maximum Gasteiger partial charge on any atom is 0.338 e. The van der Waals surface area contributed by atoms with Gasteiger partial charge in [-0.15, -0.1) is 0 Å². The molecule has 0 saturated carbocycles. The zero-order valence-corrected chi connectivity index (χ0v) is 12.9. The zero-order chi connectivity index (χ0) is 14.7. The summed E-state index contributed by atoms with van der Waals surface area (Å²) in [5.74, 6) is 0.141. The van der Waals surface area contributed by atoms with E-state index >= 15 is 0 Å². The van der Waals surface area contributed by atoms with Gasteiger partial charge in [-0.05, 0) is 32.3 Å². The standard InChI is InChI=1S/C16H25NO3/c1-5-20-16(18)15-11(2)10-14(12(3)13(15)4)17-6-8-19-9-7-17/h10,12,14H,5-9H2,1-4H3. The monoisotopic (exact) mass is 279 g/mol. The lowest BCUT2D eigenvalue weighted by Crippen LogP contribution is -2.47. The Hall–Kier alpha value is -1.13. The molecule has 0 radical (unpaired) electrons. The molecule has 0 bridgehead atoms. The topological polar surface area (TPSA) is 38.8 Å². The fourth-order valence-electron chi connectivity index (χ4n) is 3.10. The predicted octanol–water partition coefficient (Wildman–Crippen LogP) is 2.16. The molecule has 1 fully saturated rings. The minimum absolute atomic E-state index is 0.189. The molecule has 2 rings (SSSR count). The molecule has 0 aromatic heterocycles. The van der Waals surface area contributed by atoms with Crippen LogP contribution in [0.5, 0.6) is 0 Å². The molecule has 2 unspecified atom stereocenters. The second-order valence-electron chi connectivity index (χ2n) is 5.56. The molecule has 2 aliphatic rings. The number of ether oxygens (including phenoxy) is 2. The fraction of sp³-hybridized carbons (Fsp3) is 0.688. The second kappa shape index (κ2) is 6.55. The summed E-state index contributed by atoms with van der Waals surface area (Å²) in [6, 6.07) is 0.358. The molecule has 1 heterocycles. The third-order valence-corrected chi connectivity index (χ3v) is 4.35. The van der Waals surface area contributed by atoms with Crippen molar-refractivity contribution in [3.05, 3.63) is 22.8 Å². The van der Waals surface area contributed by atoms with Gasteiger partial charge in [0.25, 0.3) is 0 Å². The van der Waals surface area contributed by atoms with Crippen LogP contribution in [0.1, 0.15) is 27.7 Å². The van der Waals surface area contributed by atoms with Gasteiger partial charge in [-0.3, -0.25) is 4.90 Å². The van der Waals surface area contributed by atoms with Crippen LogP contribution in [-0.4, -0.2) is 49.8 Å². The van der Waals surface area contributed by atoms with Gasteiger partial charge in [0.15, 0.2) is 0 Å². The number of carbonyl (C=O) groups excluding carboxylic acids is 1. The number of hydrogen-bond donors (Lipinski definition) is 0. The lowest BCUT2D eigenvalue weighted by atomic mass is 9.81. The highest BCUT2D eigenvalue weighted by atomic mass is 16.5. The van der Waals surface area contributed by atoms with Gasteiger partial charge in [0.2, 0.25) is 0 Å². The second-order valence-corrected chi connectivity index (χ2v) is 5.56. The molecular formula is C16H25NO3. The van der Waals surface area contributed by atoms with E-state index in [2.05, 4.69) is 24.8 Å². The Labute approximate surface area is 121 Å². The van der Waals surface area contributed by atoms with E-state index in [1.54, 1.807) is 0 Å². The molecule has 1 aliphatic heterocycles. The lowest BCUT2D eigenvalue weighted by Gasteiger charge is -2.39. The van der Waals surface area contributed by atoms with Gasteiger partial charge in [-0.1, -0.05) is 18.6 Å². The average molecular weight is 279 g/mol. The van der Waals surface area contributed by atoms with Gasteiger partial charge in [0.1, 0.15) is 0 Å². The molecule has 1 saturated heterocycles. The van der Waals surface area contributed by atoms with Crippen molar-refractivity contribution in [1.29, 1.82) is 0 Å². The first-order valence-electron chi connectivity index (χ1n) is 7.44. The fourth-order valence-corrected chi connectivity index (χ4v) is 3.10. The Morgan fingerprint density at radius 2 is 2.05 bits per heavy atom. The molecule has 112 valence electrons. The molecule has 20 heavy (non-hydrogen) atoms. The van der Waals surface area contributed by atoms with Gasteiger partial charge in [-0.25, -0.2) is 4.79 Å². The first-order valence-corrected chi connectivity index (χ1v) is 7.44. The maximum atomic E-state index is 12.1. The summed E-state index contributed by atoms with van der Waals surface area (Å²) in [4.78, 5) is 14.5. The van der Waals surface area contributed by atoms with Crippen LogP contribution in [0.2, 0.25) is 0 Å². The van der Waals surface area contributed by atoms with Crippen LogP contribution in [0.15, 0.2) is 22.8 Å². The van der Waals surface area contributed by atoms with Crippen LogP contribution in [0.3, 0.4) is 0 Å². The van der Waals surface area contributed by atoms with E-state index in [9.17, 15) is 4.79 Å². The van der Waals surface area contributed by atoms with Gasteiger partial charge in [0.05, 0.1) is 25.4 Å². The highest BCUT2D eigenvalue weighted by Crippen LogP contribution is 2.33. The normalized spacial score (nSPS) is 28.3. The van der Waals surface area contributed by atoms with E-state index in [4.69, 9.17) is 9.47 Å². The quantitative estimate of drug-likeness (QED) is 0.742. The Morgan fingerprint density at radius 1 is 1.40 bits per heavy atom. The number of hydrogen-bond acceptors (Lipinski definition) is 4. The van der Waals surface area contributed by atoms with Crippen molar-refractivity contribution >= 4 is 5.97 Å². The third-order valence-electron chi connectivity index (χ3n) is 4.35. The third kappa shape index (κ3) is 2.96. The molecule has 0 amide bonds. The molecule has 0 N–H and O–H groups in total. The van der Waals surface area contributed by atoms with Crippen LogP contribution in [0.25, 0.3) is 0 Å². The van der Waals surface area contributed by atoms with Gasteiger partial charge >= 0.3 is 5.97 Å². The Bertz CT molecular complexity index is 433. The number of carbonyl (C=O) groups is 1. The van der Waals surface area contributed by atoms with Crippen molar-refractivity contribution in [2.24, 2.45) is 5.92 Å². The van der Waals surface area contributed by atoms with Crippen molar-refractivity contribution in [3.63, 3.8) is 0 Å². The molecule has 2 atom stereocenters. The molecule has 1 aliphatic carbocycles. The molecule has 0 spiro atoms. The molecule has 4 heteroatoms. The summed E-state index contributed by atoms with van der Waals surface area (Å²) in [5, 5.41) is 0. The molecule has 4 nitrogen and oxygen atoms in total. The van der Waals surface area contributed by atoms with E-state index in [0.717, 1.165) is 43.0 Å². The van der Waals surface area contributed by atoms with Crippen molar-refractivity contribution in [3.8, 4) is 0 Å². The van der Waals surface area contributed by atoms with Gasteiger partial charge in [0, 0.05) is 19.1 Å². The first-order chi connectivity index (χ1) is 9.56. The largest absolute Gasteiger partial charge is 0.462 e. The number of rotatable bonds is 3. The van der Waals surface area contributed by atoms with Gasteiger partial charge < -0.3 is 9.47 Å². The summed E-state index contributed by atoms with van der Waals surface area (Å²) in [6.07, 6.45) is 2.22. The maximum absolute atomic E-state index is 12.1. The summed E-state index contributed by atoms with van der Waals surface area (Å²) in [5.41, 5.74) is 2.94. The highest BCUT2D eigenvalue weighted by molar-refractivity contribution is 5.94. The summed E-state index contributed by atoms with van der Waals surface area (Å²) >= 11 is 0. The number of nitrogens with zero attached hydrogens (tertiary/aromatic N) is 1. The van der Waals surface area contributed by atoms with Crippen molar-refractivity contribution in [1.82, 2.24) is 4.90 Å². The van der Waals surface area contributed by atoms with Crippen LogP contribution >= 0.6 is 0 Å². The van der Waals surface area contributed by atoms with E-state index in [0.29, 0.717) is 18.6 Å². The Balaban J connectivity index is 2.21. The van der Waals surface area contributed by atoms with Crippen molar-refractivity contribution in [2.75, 3.05) is 32.9 Å². The van der Waals surface area contributed by atoms with Gasteiger partial charge in [-0.2, -0.15) is 0 Å². The summed E-state index contributed by atoms with van der Waals surface area (Å²) in [6.45, 7) is 12.0. The highest BCUT2D eigenvalue weighted by Gasteiger charge is 2.32. The summed E-state index contributed by atoms with van der Waals surface area (Å²) in [7, 11) is 0. The first kappa shape index (κ1) is 15.3. The minimum Gasteiger partial charge on any atom is -0.462 e. The van der Waals surface area contributed by atoms with Crippen LogP contribution in [0.4, 0.5) is 0 Å². The van der Waals surface area contributed by atoms with Crippen LogP contribution in [0, 0.1) is 5.92 Å². The zero-order valence-electron chi connectivity index (χ0n) is 12.9. The number of morpholine rings is 1. The Kier molecular flexibility index (Phi) is 5.00. The SMILES string of the molecule is CCOC(=O)C1=C(C)C(C)C(N2CCOCC2)C=C1C. The smallest absolute Gasteiger partial charge is 0.338 e.